The van der Waals surface area contributed by atoms with Gasteiger partial charge in [-0.1, -0.05) is 6.07 Å². The van der Waals surface area contributed by atoms with Gasteiger partial charge in [0.2, 0.25) is 5.91 Å². The van der Waals surface area contributed by atoms with Crippen LogP contribution < -0.4 is 4.90 Å². The van der Waals surface area contributed by atoms with E-state index in [9.17, 15) is 22.8 Å². The second kappa shape index (κ2) is 8.88. The number of nitrogens with zero attached hydrogens (tertiary/aromatic N) is 6. The summed E-state index contributed by atoms with van der Waals surface area (Å²) in [4.78, 5) is 30.4. The van der Waals surface area contributed by atoms with Gasteiger partial charge in [-0.3, -0.25) is 19.5 Å². The largest absolute Gasteiger partial charge is 0.416 e. The third-order valence-corrected chi connectivity index (χ3v) is 5.86. The molecule has 1 fully saturated rings. The van der Waals surface area contributed by atoms with Crippen LogP contribution in [0.1, 0.15) is 22.7 Å². The fourth-order valence-electron chi connectivity index (χ4n) is 4.20. The fourth-order valence-corrected chi connectivity index (χ4v) is 4.20. The minimum Gasteiger partial charge on any atom is -0.288 e. The molecule has 180 valence electrons. The number of benzene rings is 2. The Kier molecular flexibility index (Phi) is 6.08. The number of anilines is 1. The molecule has 0 N–H and O–H groups in total. The SMILES string of the molecule is CN1C(=O)C(c2ccnn2-c2ccc(C#N)cc2)C(N(C)C)N(c2cccc(C(F)(F)F)c2)C1=O. The van der Waals surface area contributed by atoms with Crippen LogP contribution in [0.5, 0.6) is 0 Å². The lowest BCUT2D eigenvalue weighted by molar-refractivity contribution is -0.137. The van der Waals surface area contributed by atoms with Crippen molar-refractivity contribution in [1.29, 1.82) is 5.26 Å². The van der Waals surface area contributed by atoms with Crippen LogP contribution in [0.15, 0.2) is 60.8 Å². The molecule has 2 unspecified atom stereocenters. The zero-order chi connectivity index (χ0) is 25.5. The lowest BCUT2D eigenvalue weighted by Gasteiger charge is -2.46. The summed E-state index contributed by atoms with van der Waals surface area (Å²) in [6.45, 7) is 0. The van der Waals surface area contributed by atoms with Crippen molar-refractivity contribution in [2.75, 3.05) is 26.0 Å². The summed E-state index contributed by atoms with van der Waals surface area (Å²) in [5.74, 6) is -1.49. The Morgan fingerprint density at radius 3 is 2.31 bits per heavy atom. The molecule has 1 aromatic heterocycles. The number of hydrogen-bond acceptors (Lipinski definition) is 5. The quantitative estimate of drug-likeness (QED) is 0.564. The van der Waals surface area contributed by atoms with Crippen molar-refractivity contribution in [2.24, 2.45) is 0 Å². The van der Waals surface area contributed by atoms with Crippen molar-refractivity contribution in [2.45, 2.75) is 18.3 Å². The predicted molar refractivity (Wildman–Crippen MR) is 121 cm³/mol. The molecular weight excluding hydrogens is 461 g/mol. The van der Waals surface area contributed by atoms with Crippen molar-refractivity contribution < 1.29 is 22.8 Å². The maximum atomic E-state index is 13.4. The molecule has 4 rings (SSSR count). The molecule has 8 nitrogen and oxygen atoms in total. The minimum absolute atomic E-state index is 0.0114. The Morgan fingerprint density at radius 2 is 1.71 bits per heavy atom. The molecule has 0 saturated carbocycles. The molecule has 0 bridgehead atoms. The Hall–Kier alpha value is -4.17. The first-order chi connectivity index (χ1) is 16.5. The zero-order valence-electron chi connectivity index (χ0n) is 19.1. The Morgan fingerprint density at radius 1 is 1.03 bits per heavy atom. The van der Waals surface area contributed by atoms with E-state index in [4.69, 9.17) is 5.26 Å². The van der Waals surface area contributed by atoms with Crippen LogP contribution >= 0.6 is 0 Å². The van der Waals surface area contributed by atoms with Crippen molar-refractivity contribution in [1.82, 2.24) is 19.6 Å². The monoisotopic (exact) mass is 482 g/mol. The van der Waals surface area contributed by atoms with Gasteiger partial charge in [0.15, 0.2) is 0 Å². The molecule has 2 aromatic carbocycles. The normalized spacial score (nSPS) is 18.8. The number of carbonyl (C=O) groups excluding carboxylic acids is 2. The van der Waals surface area contributed by atoms with Gasteiger partial charge in [0.25, 0.3) is 0 Å². The van der Waals surface area contributed by atoms with E-state index in [1.165, 1.54) is 35.0 Å². The molecule has 1 aliphatic rings. The lowest BCUT2D eigenvalue weighted by Crippen LogP contribution is -2.64. The molecule has 1 aliphatic heterocycles. The minimum atomic E-state index is -4.60. The molecule has 0 radical (unpaired) electrons. The first-order valence-electron chi connectivity index (χ1n) is 10.5. The first kappa shape index (κ1) is 24.0. The maximum Gasteiger partial charge on any atom is 0.416 e. The highest BCUT2D eigenvalue weighted by Crippen LogP contribution is 2.38. The number of urea groups is 1. The van der Waals surface area contributed by atoms with E-state index in [0.717, 1.165) is 17.0 Å². The van der Waals surface area contributed by atoms with E-state index < -0.39 is 35.8 Å². The van der Waals surface area contributed by atoms with Crippen LogP contribution in [0.25, 0.3) is 5.69 Å². The van der Waals surface area contributed by atoms with Crippen LogP contribution in [0.2, 0.25) is 0 Å². The van der Waals surface area contributed by atoms with E-state index in [1.807, 2.05) is 6.07 Å². The number of imide groups is 1. The number of hydrogen-bond donors (Lipinski definition) is 0. The Balaban J connectivity index is 1.86. The van der Waals surface area contributed by atoms with E-state index in [1.54, 1.807) is 49.3 Å². The van der Waals surface area contributed by atoms with Gasteiger partial charge in [0.05, 0.1) is 28.6 Å². The number of carbonyl (C=O) groups is 2. The number of amides is 3. The summed E-state index contributed by atoms with van der Waals surface area (Å²) < 4.78 is 41.8. The average molecular weight is 482 g/mol. The number of aromatic nitrogens is 2. The highest BCUT2D eigenvalue weighted by atomic mass is 19.4. The fraction of sp³-hybridized carbons (Fsp3) is 0.250. The summed E-state index contributed by atoms with van der Waals surface area (Å²) >= 11 is 0. The summed E-state index contributed by atoms with van der Waals surface area (Å²) in [5, 5.41) is 13.4. The molecule has 2 atom stereocenters. The standard InChI is InChI=1S/C24H21F3N6O2/c1-30(2)21-20(19-11-12-29-33(19)17-9-7-15(14-28)8-10-17)22(34)31(3)23(35)32(21)18-6-4-5-16(13-18)24(25,26)27/h4-13,20-21H,1-3H3. The van der Waals surface area contributed by atoms with Gasteiger partial charge in [-0.2, -0.15) is 23.5 Å². The van der Waals surface area contributed by atoms with Crippen LogP contribution in [0.4, 0.5) is 23.7 Å². The Bertz CT molecular complexity index is 1310. The van der Waals surface area contributed by atoms with Crippen LogP contribution in [-0.4, -0.2) is 58.8 Å². The highest BCUT2D eigenvalue weighted by Gasteiger charge is 2.49. The third-order valence-electron chi connectivity index (χ3n) is 5.86. The Labute approximate surface area is 199 Å². The summed E-state index contributed by atoms with van der Waals surface area (Å²) in [7, 11) is 4.59. The van der Waals surface area contributed by atoms with E-state index in [2.05, 4.69) is 5.10 Å². The number of alkyl halides is 3. The van der Waals surface area contributed by atoms with Gasteiger partial charge in [-0.15, -0.1) is 0 Å². The molecule has 1 saturated heterocycles. The van der Waals surface area contributed by atoms with E-state index in [-0.39, 0.29) is 5.69 Å². The molecule has 2 heterocycles. The van der Waals surface area contributed by atoms with Crippen molar-refractivity contribution in [3.63, 3.8) is 0 Å². The predicted octanol–water partition coefficient (Wildman–Crippen LogP) is 3.83. The van der Waals surface area contributed by atoms with Crippen LogP contribution in [-0.2, 0) is 11.0 Å². The van der Waals surface area contributed by atoms with Gasteiger partial charge >= 0.3 is 12.2 Å². The third kappa shape index (κ3) is 4.24. The van der Waals surface area contributed by atoms with Crippen LogP contribution in [0, 0.1) is 11.3 Å². The van der Waals surface area contributed by atoms with Gasteiger partial charge in [-0.25, -0.2) is 9.48 Å². The molecule has 35 heavy (non-hydrogen) atoms. The van der Waals surface area contributed by atoms with Crippen molar-refractivity contribution in [3.05, 3.63) is 77.6 Å². The second-order valence-electron chi connectivity index (χ2n) is 8.28. The van der Waals surface area contributed by atoms with Gasteiger partial charge in [0, 0.05) is 18.9 Å². The van der Waals surface area contributed by atoms with Gasteiger partial charge in [-0.05, 0) is 62.6 Å². The molecule has 11 heteroatoms. The van der Waals surface area contributed by atoms with Crippen molar-refractivity contribution >= 4 is 17.6 Å². The highest BCUT2D eigenvalue weighted by molar-refractivity contribution is 6.08. The molecule has 0 aliphatic carbocycles. The molecular formula is C24H21F3N6O2. The van der Waals surface area contributed by atoms with Gasteiger partial charge < -0.3 is 0 Å². The molecule has 3 amide bonds. The van der Waals surface area contributed by atoms with Crippen LogP contribution in [0.3, 0.4) is 0 Å². The summed E-state index contributed by atoms with van der Waals surface area (Å²) in [6.07, 6.45) is -4.04. The summed E-state index contributed by atoms with van der Waals surface area (Å²) in [6, 6.07) is 13.9. The van der Waals surface area contributed by atoms with E-state index >= 15 is 0 Å². The maximum absolute atomic E-state index is 13.4. The summed E-state index contributed by atoms with van der Waals surface area (Å²) in [5.41, 5.74) is 0.578. The zero-order valence-corrected chi connectivity index (χ0v) is 19.1. The van der Waals surface area contributed by atoms with Gasteiger partial charge in [0.1, 0.15) is 12.1 Å². The average Bonchev–Trinajstić information content (AvgIpc) is 3.31. The second-order valence-corrected chi connectivity index (χ2v) is 8.28. The van der Waals surface area contributed by atoms with E-state index in [0.29, 0.717) is 16.9 Å². The topological polar surface area (TPSA) is 85.5 Å². The number of nitriles is 1. The van der Waals surface area contributed by atoms with Crippen molar-refractivity contribution in [3.8, 4) is 11.8 Å². The number of rotatable bonds is 4. The smallest absolute Gasteiger partial charge is 0.288 e. The number of likely N-dealkylation sites (N-methyl/N-ethyl adjacent to an activating group) is 2. The molecule has 0 spiro atoms. The lowest BCUT2D eigenvalue weighted by atomic mass is 9.94. The number of halogens is 3. The first-order valence-corrected chi connectivity index (χ1v) is 10.5. The molecule has 3 aromatic rings.